The monoisotopic (exact) mass is 315 g/mol. The van der Waals surface area contributed by atoms with Crippen molar-refractivity contribution in [3.8, 4) is 0 Å². The molecule has 1 aromatic carbocycles. The first-order valence-corrected chi connectivity index (χ1v) is 7.88. The van der Waals surface area contributed by atoms with Crippen LogP contribution in [0.4, 0.5) is 0 Å². The van der Waals surface area contributed by atoms with E-state index in [9.17, 15) is 9.90 Å². The molecule has 124 valence electrons. The molecule has 1 atom stereocenters. The van der Waals surface area contributed by atoms with E-state index in [2.05, 4.69) is 10.4 Å². The Balaban J connectivity index is 2.03. The van der Waals surface area contributed by atoms with Gasteiger partial charge in [-0.3, -0.25) is 9.48 Å². The lowest BCUT2D eigenvalue weighted by Gasteiger charge is -2.30. The van der Waals surface area contributed by atoms with Crippen molar-refractivity contribution >= 4 is 5.91 Å². The highest BCUT2D eigenvalue weighted by atomic mass is 16.3. The number of aromatic nitrogens is 2. The van der Waals surface area contributed by atoms with E-state index in [1.165, 1.54) is 0 Å². The minimum atomic E-state index is -0.155. The normalized spacial score (nSPS) is 12.9. The van der Waals surface area contributed by atoms with Crippen molar-refractivity contribution in [2.75, 3.05) is 6.61 Å². The average molecular weight is 315 g/mol. The molecule has 0 aliphatic heterocycles. The highest BCUT2D eigenvalue weighted by Crippen LogP contribution is 2.22. The average Bonchev–Trinajstić information content (AvgIpc) is 2.95. The van der Waals surface area contributed by atoms with Crippen molar-refractivity contribution in [1.82, 2.24) is 15.1 Å². The predicted molar refractivity (Wildman–Crippen MR) is 90.2 cm³/mol. The smallest absolute Gasteiger partial charge is 0.254 e. The molecule has 23 heavy (non-hydrogen) atoms. The summed E-state index contributed by atoms with van der Waals surface area (Å²) < 4.78 is 1.75. The van der Waals surface area contributed by atoms with Gasteiger partial charge in [0.25, 0.3) is 5.91 Å². The van der Waals surface area contributed by atoms with Crippen LogP contribution in [0.5, 0.6) is 0 Å². The van der Waals surface area contributed by atoms with Gasteiger partial charge >= 0.3 is 0 Å². The Bertz CT molecular complexity index is 629. The van der Waals surface area contributed by atoms with Gasteiger partial charge in [-0.2, -0.15) is 5.10 Å². The van der Waals surface area contributed by atoms with Crippen molar-refractivity contribution in [3.05, 3.63) is 53.9 Å². The summed E-state index contributed by atoms with van der Waals surface area (Å²) in [6.45, 7) is 6.83. The minimum Gasteiger partial charge on any atom is -0.396 e. The summed E-state index contributed by atoms with van der Waals surface area (Å²) in [5.74, 6) is -0.155. The van der Waals surface area contributed by atoms with Crippen LogP contribution in [0.25, 0.3) is 0 Å². The van der Waals surface area contributed by atoms with Crippen LogP contribution in [-0.4, -0.2) is 33.4 Å². The summed E-state index contributed by atoms with van der Waals surface area (Å²) in [7, 11) is 0. The largest absolute Gasteiger partial charge is 0.396 e. The van der Waals surface area contributed by atoms with E-state index in [1.54, 1.807) is 17.1 Å². The zero-order valence-electron chi connectivity index (χ0n) is 14.0. The molecule has 0 saturated heterocycles. The van der Waals surface area contributed by atoms with Gasteiger partial charge in [0.15, 0.2) is 0 Å². The molecule has 5 heteroatoms. The van der Waals surface area contributed by atoms with Crippen molar-refractivity contribution in [2.45, 2.75) is 39.8 Å². The number of benzene rings is 1. The SMILES string of the molecule is CC(C)(C)C(CCO)NC(=O)c1cnn(Cc2ccccc2)c1. The van der Waals surface area contributed by atoms with Crippen LogP contribution >= 0.6 is 0 Å². The molecule has 0 bridgehead atoms. The number of carbonyl (C=O) groups is 1. The lowest BCUT2D eigenvalue weighted by molar-refractivity contribution is 0.0885. The number of aliphatic hydroxyl groups excluding tert-OH is 1. The Morgan fingerprint density at radius 1 is 1.30 bits per heavy atom. The third kappa shape index (κ3) is 4.93. The molecule has 0 fully saturated rings. The van der Waals surface area contributed by atoms with Gasteiger partial charge in [0.05, 0.1) is 18.3 Å². The van der Waals surface area contributed by atoms with Gasteiger partial charge in [-0.05, 0) is 17.4 Å². The van der Waals surface area contributed by atoms with E-state index >= 15 is 0 Å². The molecule has 0 radical (unpaired) electrons. The maximum absolute atomic E-state index is 12.4. The highest BCUT2D eigenvalue weighted by Gasteiger charge is 2.26. The zero-order valence-corrected chi connectivity index (χ0v) is 14.0. The molecule has 2 N–H and O–H groups in total. The maximum Gasteiger partial charge on any atom is 0.254 e. The van der Waals surface area contributed by atoms with Crippen LogP contribution in [0.1, 0.15) is 43.1 Å². The second-order valence-corrected chi connectivity index (χ2v) is 6.82. The molecule has 0 spiro atoms. The predicted octanol–water partition coefficient (Wildman–Crippen LogP) is 2.46. The fourth-order valence-electron chi connectivity index (χ4n) is 2.43. The molecule has 0 aliphatic rings. The summed E-state index contributed by atoms with van der Waals surface area (Å²) in [4.78, 5) is 12.4. The van der Waals surface area contributed by atoms with Gasteiger partial charge in [-0.15, -0.1) is 0 Å². The number of hydrogen-bond acceptors (Lipinski definition) is 3. The summed E-state index contributed by atoms with van der Waals surface area (Å²) in [6, 6.07) is 9.90. The topological polar surface area (TPSA) is 67.2 Å². The van der Waals surface area contributed by atoms with Crippen LogP contribution in [0.2, 0.25) is 0 Å². The summed E-state index contributed by atoms with van der Waals surface area (Å²) in [6.07, 6.45) is 3.87. The molecular formula is C18H25N3O2. The van der Waals surface area contributed by atoms with Crippen molar-refractivity contribution in [1.29, 1.82) is 0 Å². The first kappa shape index (κ1) is 17.2. The Hall–Kier alpha value is -2.14. The number of nitrogens with zero attached hydrogens (tertiary/aromatic N) is 2. The molecule has 1 amide bonds. The second-order valence-electron chi connectivity index (χ2n) is 6.82. The van der Waals surface area contributed by atoms with Crippen LogP contribution in [0, 0.1) is 5.41 Å². The van der Waals surface area contributed by atoms with Crippen LogP contribution in [0.15, 0.2) is 42.7 Å². The van der Waals surface area contributed by atoms with E-state index in [0.717, 1.165) is 5.56 Å². The first-order valence-electron chi connectivity index (χ1n) is 7.88. The van der Waals surface area contributed by atoms with E-state index < -0.39 is 0 Å². The molecule has 1 aromatic heterocycles. The number of rotatable bonds is 6. The third-order valence-electron chi connectivity index (χ3n) is 3.85. The number of aliphatic hydroxyl groups is 1. The maximum atomic E-state index is 12.4. The Morgan fingerprint density at radius 3 is 2.61 bits per heavy atom. The number of carbonyl (C=O) groups excluding carboxylic acids is 1. The van der Waals surface area contributed by atoms with Gasteiger partial charge in [0, 0.05) is 18.8 Å². The van der Waals surface area contributed by atoms with Crippen LogP contribution in [-0.2, 0) is 6.54 Å². The van der Waals surface area contributed by atoms with Gasteiger partial charge in [-0.25, -0.2) is 0 Å². The van der Waals surface area contributed by atoms with Crippen molar-refractivity contribution in [2.24, 2.45) is 5.41 Å². The zero-order chi connectivity index (χ0) is 16.9. The molecule has 0 aliphatic carbocycles. The van der Waals surface area contributed by atoms with E-state index in [-0.39, 0.29) is 24.0 Å². The fraction of sp³-hybridized carbons (Fsp3) is 0.444. The van der Waals surface area contributed by atoms with Gasteiger partial charge in [-0.1, -0.05) is 51.1 Å². The lowest BCUT2D eigenvalue weighted by Crippen LogP contribution is -2.44. The summed E-state index contributed by atoms with van der Waals surface area (Å²) >= 11 is 0. The molecule has 1 unspecified atom stereocenters. The lowest BCUT2D eigenvalue weighted by atomic mass is 9.85. The van der Waals surface area contributed by atoms with E-state index in [0.29, 0.717) is 18.5 Å². The van der Waals surface area contributed by atoms with Crippen LogP contribution < -0.4 is 5.32 Å². The highest BCUT2D eigenvalue weighted by molar-refractivity contribution is 5.93. The molecule has 5 nitrogen and oxygen atoms in total. The summed E-state index contributed by atoms with van der Waals surface area (Å²) in [5.41, 5.74) is 1.56. The quantitative estimate of drug-likeness (QED) is 0.860. The molecular weight excluding hydrogens is 290 g/mol. The van der Waals surface area contributed by atoms with Crippen molar-refractivity contribution in [3.63, 3.8) is 0 Å². The molecule has 2 rings (SSSR count). The summed E-state index contributed by atoms with van der Waals surface area (Å²) in [5, 5.41) is 16.4. The van der Waals surface area contributed by atoms with E-state index in [1.807, 2.05) is 51.1 Å². The minimum absolute atomic E-state index is 0.0511. The number of hydrogen-bond donors (Lipinski definition) is 2. The Labute approximate surface area is 137 Å². The fourth-order valence-corrected chi connectivity index (χ4v) is 2.43. The standard InChI is InChI=1S/C18H25N3O2/c1-18(2,3)16(9-10-22)20-17(23)15-11-19-21(13-15)12-14-7-5-4-6-8-14/h4-8,11,13,16,22H,9-10,12H2,1-3H3,(H,20,23). The van der Waals surface area contributed by atoms with Crippen molar-refractivity contribution < 1.29 is 9.90 Å². The Kier molecular flexibility index (Phi) is 5.55. The van der Waals surface area contributed by atoms with Crippen LogP contribution in [0.3, 0.4) is 0 Å². The van der Waals surface area contributed by atoms with E-state index in [4.69, 9.17) is 0 Å². The second kappa shape index (κ2) is 7.42. The molecule has 1 heterocycles. The molecule has 0 saturated carbocycles. The molecule has 2 aromatic rings. The van der Waals surface area contributed by atoms with Gasteiger partial charge < -0.3 is 10.4 Å². The number of nitrogens with one attached hydrogen (secondary N) is 1. The van der Waals surface area contributed by atoms with Gasteiger partial charge in [0.2, 0.25) is 0 Å². The number of amides is 1. The first-order chi connectivity index (χ1) is 10.9. The third-order valence-corrected chi connectivity index (χ3v) is 3.85. The Morgan fingerprint density at radius 2 is 2.00 bits per heavy atom. The van der Waals surface area contributed by atoms with Gasteiger partial charge in [0.1, 0.15) is 0 Å².